The first-order valence-corrected chi connectivity index (χ1v) is 8.65. The Kier molecular flexibility index (Phi) is 3.99. The van der Waals surface area contributed by atoms with Gasteiger partial charge in [0.25, 0.3) is 5.56 Å². The van der Waals surface area contributed by atoms with Crippen molar-refractivity contribution in [3.05, 3.63) is 70.6 Å². The van der Waals surface area contributed by atoms with Gasteiger partial charge in [0, 0.05) is 17.9 Å². The number of carbonyl (C=O) groups excluding carboxylic acids is 1. The molecule has 132 valence electrons. The van der Waals surface area contributed by atoms with Crippen molar-refractivity contribution in [2.75, 3.05) is 12.0 Å². The first-order valence-electron chi connectivity index (χ1n) is 8.65. The van der Waals surface area contributed by atoms with Crippen LogP contribution in [0.25, 0.3) is 10.8 Å². The van der Waals surface area contributed by atoms with Crippen LogP contribution < -0.4 is 15.2 Å². The summed E-state index contributed by atoms with van der Waals surface area (Å²) in [7, 11) is 1.57. The number of hydrogen-bond donors (Lipinski definition) is 0. The highest BCUT2D eigenvalue weighted by Crippen LogP contribution is 2.32. The van der Waals surface area contributed by atoms with E-state index in [0.717, 1.165) is 17.5 Å². The fourth-order valence-electron chi connectivity index (χ4n) is 3.68. The van der Waals surface area contributed by atoms with E-state index in [1.807, 2.05) is 49.4 Å². The molecule has 2 heterocycles. The van der Waals surface area contributed by atoms with Crippen LogP contribution in [0, 0.1) is 0 Å². The zero-order valence-corrected chi connectivity index (χ0v) is 14.8. The van der Waals surface area contributed by atoms with E-state index in [0.29, 0.717) is 11.1 Å². The lowest BCUT2D eigenvalue weighted by atomic mass is 10.1. The summed E-state index contributed by atoms with van der Waals surface area (Å²) in [5, 5.41) is 1.38. The molecule has 1 aliphatic rings. The largest absolute Gasteiger partial charge is 0.497 e. The van der Waals surface area contributed by atoms with Crippen molar-refractivity contribution in [3.8, 4) is 5.75 Å². The predicted octanol–water partition coefficient (Wildman–Crippen LogP) is 2.99. The summed E-state index contributed by atoms with van der Waals surface area (Å²) < 4.78 is 6.68. The molecule has 1 amide bonds. The maximum absolute atomic E-state index is 12.9. The average Bonchev–Trinajstić information content (AvgIpc) is 2.99. The topological polar surface area (TPSA) is 51.5 Å². The van der Waals surface area contributed by atoms with Crippen molar-refractivity contribution >= 4 is 22.4 Å². The monoisotopic (exact) mass is 348 g/mol. The van der Waals surface area contributed by atoms with Gasteiger partial charge in [0.05, 0.1) is 12.5 Å². The molecular formula is C21H20N2O3. The Bertz CT molecular complexity index is 1050. The van der Waals surface area contributed by atoms with Crippen LogP contribution in [-0.2, 0) is 17.8 Å². The second kappa shape index (κ2) is 6.33. The summed E-state index contributed by atoms with van der Waals surface area (Å²) in [6, 6.07) is 15.3. The van der Waals surface area contributed by atoms with Crippen molar-refractivity contribution < 1.29 is 9.53 Å². The third-order valence-electron chi connectivity index (χ3n) is 4.97. The molecule has 1 aromatic heterocycles. The number of rotatable bonds is 3. The van der Waals surface area contributed by atoms with Crippen LogP contribution in [0.2, 0.25) is 0 Å². The number of ether oxygens (including phenoxy) is 1. The Labute approximate surface area is 151 Å². The van der Waals surface area contributed by atoms with Gasteiger partial charge in [-0.15, -0.1) is 0 Å². The molecule has 0 bridgehead atoms. The fraction of sp³-hybridized carbons (Fsp3) is 0.238. The van der Waals surface area contributed by atoms with Crippen LogP contribution in [0.3, 0.4) is 0 Å². The molecule has 26 heavy (non-hydrogen) atoms. The zero-order valence-electron chi connectivity index (χ0n) is 14.8. The number of methoxy groups -OCH3 is 1. The normalized spacial score (nSPS) is 15.9. The predicted molar refractivity (Wildman–Crippen MR) is 102 cm³/mol. The first-order chi connectivity index (χ1) is 12.6. The van der Waals surface area contributed by atoms with E-state index in [-0.39, 0.29) is 24.1 Å². The van der Waals surface area contributed by atoms with E-state index >= 15 is 0 Å². The second-order valence-electron chi connectivity index (χ2n) is 6.65. The number of amides is 1. The summed E-state index contributed by atoms with van der Waals surface area (Å²) >= 11 is 0. The summed E-state index contributed by atoms with van der Waals surface area (Å²) in [6.07, 6.45) is 2.52. The van der Waals surface area contributed by atoms with Gasteiger partial charge >= 0.3 is 0 Å². The summed E-state index contributed by atoms with van der Waals surface area (Å²) in [4.78, 5) is 27.6. The lowest BCUT2D eigenvalue weighted by Gasteiger charge is -2.23. The van der Waals surface area contributed by atoms with E-state index < -0.39 is 0 Å². The lowest BCUT2D eigenvalue weighted by Crippen LogP contribution is -2.39. The molecule has 0 N–H and O–H groups in total. The molecule has 1 unspecified atom stereocenters. The quantitative estimate of drug-likeness (QED) is 0.731. The molecule has 1 aliphatic heterocycles. The van der Waals surface area contributed by atoms with Crippen molar-refractivity contribution in [3.63, 3.8) is 0 Å². The summed E-state index contributed by atoms with van der Waals surface area (Å²) in [5.41, 5.74) is 1.93. The van der Waals surface area contributed by atoms with Gasteiger partial charge in [-0.2, -0.15) is 0 Å². The van der Waals surface area contributed by atoms with E-state index in [2.05, 4.69) is 0 Å². The Morgan fingerprint density at radius 1 is 1.19 bits per heavy atom. The highest BCUT2D eigenvalue weighted by atomic mass is 16.5. The molecule has 0 spiro atoms. The van der Waals surface area contributed by atoms with Crippen LogP contribution in [0.4, 0.5) is 5.69 Å². The molecule has 0 aliphatic carbocycles. The molecule has 0 saturated carbocycles. The van der Waals surface area contributed by atoms with Gasteiger partial charge in [-0.1, -0.05) is 24.3 Å². The van der Waals surface area contributed by atoms with E-state index in [4.69, 9.17) is 4.74 Å². The van der Waals surface area contributed by atoms with Gasteiger partial charge in [-0.3, -0.25) is 9.59 Å². The minimum Gasteiger partial charge on any atom is -0.497 e. The summed E-state index contributed by atoms with van der Waals surface area (Å²) in [6.45, 7) is 2.05. The van der Waals surface area contributed by atoms with Gasteiger partial charge in [-0.05, 0) is 48.6 Å². The lowest BCUT2D eigenvalue weighted by molar-refractivity contribution is -0.119. The summed E-state index contributed by atoms with van der Waals surface area (Å²) in [5.74, 6) is 0.549. The van der Waals surface area contributed by atoms with Gasteiger partial charge in [0.2, 0.25) is 5.91 Å². The molecular weight excluding hydrogens is 328 g/mol. The standard InChI is InChI=1S/C21H20N2O3/c1-14-11-16-5-3-4-6-19(16)23(14)20(24)13-22-10-9-15-7-8-17(26-2)12-18(15)21(22)25/h3-10,12,14H,11,13H2,1-2H3. The van der Waals surface area contributed by atoms with Crippen molar-refractivity contribution in [2.45, 2.75) is 25.9 Å². The van der Waals surface area contributed by atoms with Gasteiger partial charge < -0.3 is 14.2 Å². The number of para-hydroxylation sites is 1. The molecule has 5 heteroatoms. The third kappa shape index (κ3) is 2.65. The highest BCUT2D eigenvalue weighted by Gasteiger charge is 2.30. The maximum Gasteiger partial charge on any atom is 0.259 e. The van der Waals surface area contributed by atoms with Crippen LogP contribution in [0.5, 0.6) is 5.75 Å². The molecule has 5 nitrogen and oxygen atoms in total. The van der Waals surface area contributed by atoms with Crippen molar-refractivity contribution in [1.29, 1.82) is 0 Å². The smallest absolute Gasteiger partial charge is 0.259 e. The molecule has 1 atom stereocenters. The van der Waals surface area contributed by atoms with E-state index in [1.54, 1.807) is 24.3 Å². The molecule has 2 aromatic carbocycles. The van der Waals surface area contributed by atoms with E-state index in [9.17, 15) is 9.59 Å². The third-order valence-corrected chi connectivity index (χ3v) is 4.97. The number of nitrogens with zero attached hydrogens (tertiary/aromatic N) is 2. The number of aromatic nitrogens is 1. The Balaban J connectivity index is 1.68. The molecule has 0 radical (unpaired) electrons. The average molecular weight is 348 g/mol. The minimum atomic E-state index is -0.185. The van der Waals surface area contributed by atoms with Crippen molar-refractivity contribution in [1.82, 2.24) is 4.57 Å². The van der Waals surface area contributed by atoms with Crippen LogP contribution >= 0.6 is 0 Å². The number of fused-ring (bicyclic) bond motifs is 2. The number of hydrogen-bond acceptors (Lipinski definition) is 3. The van der Waals surface area contributed by atoms with Crippen molar-refractivity contribution in [2.24, 2.45) is 0 Å². The van der Waals surface area contributed by atoms with Gasteiger partial charge in [0.15, 0.2) is 0 Å². The number of anilines is 1. The molecule has 0 saturated heterocycles. The van der Waals surface area contributed by atoms with E-state index in [1.165, 1.54) is 10.1 Å². The zero-order chi connectivity index (χ0) is 18.3. The molecule has 4 rings (SSSR count). The first kappa shape index (κ1) is 16.4. The van der Waals surface area contributed by atoms with Gasteiger partial charge in [0.1, 0.15) is 12.3 Å². The number of pyridine rings is 1. The maximum atomic E-state index is 12.9. The second-order valence-corrected chi connectivity index (χ2v) is 6.65. The van der Waals surface area contributed by atoms with Crippen LogP contribution in [0.1, 0.15) is 12.5 Å². The number of carbonyl (C=O) groups is 1. The highest BCUT2D eigenvalue weighted by molar-refractivity contribution is 5.96. The Morgan fingerprint density at radius 3 is 2.81 bits per heavy atom. The minimum absolute atomic E-state index is 0.0185. The molecule has 3 aromatic rings. The Hall–Kier alpha value is -3.08. The fourth-order valence-corrected chi connectivity index (χ4v) is 3.68. The van der Waals surface area contributed by atoms with Crippen LogP contribution in [0.15, 0.2) is 59.5 Å². The van der Waals surface area contributed by atoms with Crippen LogP contribution in [-0.4, -0.2) is 23.6 Å². The van der Waals surface area contributed by atoms with Gasteiger partial charge in [-0.25, -0.2) is 0 Å². The number of benzene rings is 2. The molecule has 0 fully saturated rings. The SMILES string of the molecule is COc1ccc2ccn(CC(=O)N3c4ccccc4CC3C)c(=O)c2c1. The Morgan fingerprint density at radius 2 is 2.00 bits per heavy atom.